The summed E-state index contributed by atoms with van der Waals surface area (Å²) in [6.07, 6.45) is 3.35. The van der Waals surface area contributed by atoms with Crippen molar-refractivity contribution in [2.75, 3.05) is 19.7 Å². The van der Waals surface area contributed by atoms with Crippen LogP contribution in [0.3, 0.4) is 0 Å². The van der Waals surface area contributed by atoms with Gasteiger partial charge in [-0.1, -0.05) is 18.2 Å². The third kappa shape index (κ3) is 3.12. The number of rotatable bonds is 3. The van der Waals surface area contributed by atoms with Crippen molar-refractivity contribution < 1.29 is 9.13 Å². The third-order valence-electron chi connectivity index (χ3n) is 4.50. The maximum absolute atomic E-state index is 14.0. The molecule has 1 unspecified atom stereocenters. The monoisotopic (exact) mass is 336 g/mol. The highest BCUT2D eigenvalue weighted by Crippen LogP contribution is 2.25. The van der Waals surface area contributed by atoms with Crippen LogP contribution in [0.5, 0.6) is 0 Å². The number of benzene rings is 1. The van der Waals surface area contributed by atoms with Crippen LogP contribution in [0.4, 0.5) is 4.39 Å². The van der Waals surface area contributed by atoms with Crippen molar-refractivity contribution in [2.45, 2.75) is 12.6 Å². The van der Waals surface area contributed by atoms with Crippen molar-refractivity contribution in [3.8, 4) is 6.07 Å². The van der Waals surface area contributed by atoms with E-state index in [1.807, 2.05) is 22.7 Å². The number of hydrogen-bond donors (Lipinski definition) is 0. The van der Waals surface area contributed by atoms with Gasteiger partial charge in [-0.15, -0.1) is 0 Å². The molecular formula is C19H17FN4O. The molecule has 1 aliphatic rings. The Bertz CT molecular complexity index is 946. The molecule has 1 saturated heterocycles. The van der Waals surface area contributed by atoms with Crippen LogP contribution < -0.4 is 0 Å². The molecule has 1 aromatic carbocycles. The van der Waals surface area contributed by atoms with E-state index in [-0.39, 0.29) is 11.9 Å². The lowest BCUT2D eigenvalue weighted by Crippen LogP contribution is -2.38. The van der Waals surface area contributed by atoms with E-state index < -0.39 is 0 Å². The molecule has 6 heteroatoms. The summed E-state index contributed by atoms with van der Waals surface area (Å²) in [5, 5.41) is 9.09. The van der Waals surface area contributed by atoms with E-state index in [1.54, 1.807) is 24.4 Å². The van der Waals surface area contributed by atoms with Crippen molar-refractivity contribution in [3.63, 3.8) is 0 Å². The van der Waals surface area contributed by atoms with Crippen molar-refractivity contribution in [2.24, 2.45) is 0 Å². The number of morpholine rings is 1. The summed E-state index contributed by atoms with van der Waals surface area (Å²) in [6.45, 7) is 2.62. The van der Waals surface area contributed by atoms with Crippen molar-refractivity contribution in [1.29, 1.82) is 5.26 Å². The molecule has 1 fully saturated rings. The fourth-order valence-electron chi connectivity index (χ4n) is 3.21. The van der Waals surface area contributed by atoms with Crippen LogP contribution in [0.15, 0.2) is 48.8 Å². The SMILES string of the molecule is N#Cc1ccc2ncc(CN3CCOC(c4ccccc4F)C3)n2c1. The second kappa shape index (κ2) is 6.63. The van der Waals surface area contributed by atoms with E-state index >= 15 is 0 Å². The van der Waals surface area contributed by atoms with Crippen LogP contribution in [0.25, 0.3) is 5.65 Å². The summed E-state index contributed by atoms with van der Waals surface area (Å²) in [7, 11) is 0. The molecule has 3 aromatic rings. The number of imidazole rings is 1. The molecule has 0 saturated carbocycles. The van der Waals surface area contributed by atoms with Crippen LogP contribution in [0.1, 0.15) is 22.9 Å². The molecule has 0 bridgehead atoms. The summed E-state index contributed by atoms with van der Waals surface area (Å²) in [5.41, 5.74) is 3.00. The van der Waals surface area contributed by atoms with Gasteiger partial charge in [0.2, 0.25) is 0 Å². The van der Waals surface area contributed by atoms with Crippen LogP contribution in [-0.2, 0) is 11.3 Å². The van der Waals surface area contributed by atoms with Crippen LogP contribution in [0, 0.1) is 17.1 Å². The lowest BCUT2D eigenvalue weighted by atomic mass is 10.1. The fourth-order valence-corrected chi connectivity index (χ4v) is 3.21. The quantitative estimate of drug-likeness (QED) is 0.738. The predicted molar refractivity (Wildman–Crippen MR) is 90.3 cm³/mol. The number of pyridine rings is 1. The Morgan fingerprint density at radius 2 is 2.16 bits per heavy atom. The van der Waals surface area contributed by atoms with E-state index in [0.29, 0.717) is 30.8 Å². The topological polar surface area (TPSA) is 53.6 Å². The second-order valence-corrected chi connectivity index (χ2v) is 6.12. The van der Waals surface area contributed by atoms with E-state index in [2.05, 4.69) is 16.0 Å². The summed E-state index contributed by atoms with van der Waals surface area (Å²) < 4.78 is 21.7. The van der Waals surface area contributed by atoms with Gasteiger partial charge in [0.05, 0.1) is 30.2 Å². The molecule has 3 heterocycles. The van der Waals surface area contributed by atoms with Gasteiger partial charge in [0.1, 0.15) is 17.5 Å². The molecule has 0 radical (unpaired) electrons. The first kappa shape index (κ1) is 15.8. The first-order valence-electron chi connectivity index (χ1n) is 8.19. The number of nitriles is 1. The zero-order valence-electron chi connectivity index (χ0n) is 13.6. The van der Waals surface area contributed by atoms with Gasteiger partial charge in [-0.2, -0.15) is 5.26 Å². The van der Waals surface area contributed by atoms with Crippen LogP contribution in [-0.4, -0.2) is 34.0 Å². The molecule has 0 amide bonds. The Kier molecular flexibility index (Phi) is 4.18. The van der Waals surface area contributed by atoms with Crippen molar-refractivity contribution in [1.82, 2.24) is 14.3 Å². The van der Waals surface area contributed by atoms with Gasteiger partial charge in [-0.25, -0.2) is 9.37 Å². The average Bonchev–Trinajstić information content (AvgIpc) is 3.04. The molecule has 126 valence electrons. The number of halogens is 1. The van der Waals surface area contributed by atoms with Crippen LogP contribution in [0.2, 0.25) is 0 Å². The van der Waals surface area contributed by atoms with Gasteiger partial charge in [0, 0.05) is 31.4 Å². The molecule has 1 aliphatic heterocycles. The van der Waals surface area contributed by atoms with E-state index in [0.717, 1.165) is 17.9 Å². The number of hydrogen-bond acceptors (Lipinski definition) is 4. The minimum Gasteiger partial charge on any atom is -0.371 e. The minimum atomic E-state index is -0.274. The molecule has 0 aliphatic carbocycles. The highest BCUT2D eigenvalue weighted by atomic mass is 19.1. The maximum atomic E-state index is 14.0. The first-order valence-corrected chi connectivity index (χ1v) is 8.19. The molecule has 1 atom stereocenters. The third-order valence-corrected chi connectivity index (χ3v) is 4.50. The summed E-state index contributed by atoms with van der Waals surface area (Å²) >= 11 is 0. The van der Waals surface area contributed by atoms with Crippen LogP contribution >= 0.6 is 0 Å². The summed E-state index contributed by atoms with van der Waals surface area (Å²) in [6, 6.07) is 12.5. The average molecular weight is 336 g/mol. The lowest BCUT2D eigenvalue weighted by molar-refractivity contribution is -0.0349. The Hall–Kier alpha value is -2.75. The highest BCUT2D eigenvalue weighted by Gasteiger charge is 2.24. The molecule has 5 nitrogen and oxygen atoms in total. The number of ether oxygens (including phenoxy) is 1. The Morgan fingerprint density at radius 1 is 1.28 bits per heavy atom. The summed E-state index contributed by atoms with van der Waals surface area (Å²) in [4.78, 5) is 6.61. The van der Waals surface area contributed by atoms with Gasteiger partial charge in [-0.05, 0) is 18.2 Å². The normalized spacial score (nSPS) is 18.3. The molecule has 0 spiro atoms. The highest BCUT2D eigenvalue weighted by molar-refractivity contribution is 5.44. The Morgan fingerprint density at radius 3 is 3.00 bits per heavy atom. The predicted octanol–water partition coefficient (Wildman–Crippen LogP) is 2.92. The van der Waals surface area contributed by atoms with Crippen molar-refractivity contribution in [3.05, 3.63) is 71.4 Å². The zero-order chi connectivity index (χ0) is 17.2. The van der Waals surface area contributed by atoms with Crippen molar-refractivity contribution >= 4 is 5.65 Å². The number of nitrogens with zero attached hydrogens (tertiary/aromatic N) is 4. The molecule has 25 heavy (non-hydrogen) atoms. The molecule has 2 aromatic heterocycles. The van der Waals surface area contributed by atoms with E-state index in [4.69, 9.17) is 10.00 Å². The smallest absolute Gasteiger partial charge is 0.137 e. The van der Waals surface area contributed by atoms with Gasteiger partial charge in [0.25, 0.3) is 0 Å². The fraction of sp³-hybridized carbons (Fsp3) is 0.263. The second-order valence-electron chi connectivity index (χ2n) is 6.12. The number of aromatic nitrogens is 2. The maximum Gasteiger partial charge on any atom is 0.137 e. The zero-order valence-corrected chi connectivity index (χ0v) is 13.6. The lowest BCUT2D eigenvalue weighted by Gasteiger charge is -2.33. The molecule has 4 rings (SSSR count). The first-order chi connectivity index (χ1) is 12.2. The molecule has 0 N–H and O–H groups in total. The van der Waals surface area contributed by atoms with E-state index in [9.17, 15) is 4.39 Å². The van der Waals surface area contributed by atoms with Gasteiger partial charge in [0.15, 0.2) is 0 Å². The van der Waals surface area contributed by atoms with Gasteiger partial charge >= 0.3 is 0 Å². The summed E-state index contributed by atoms with van der Waals surface area (Å²) in [5.74, 6) is -0.234. The largest absolute Gasteiger partial charge is 0.371 e. The van der Waals surface area contributed by atoms with Gasteiger partial charge in [-0.3, -0.25) is 4.90 Å². The Labute approximate surface area is 144 Å². The van der Waals surface area contributed by atoms with E-state index in [1.165, 1.54) is 6.07 Å². The molecular weight excluding hydrogens is 319 g/mol. The van der Waals surface area contributed by atoms with Gasteiger partial charge < -0.3 is 9.14 Å². The Balaban J connectivity index is 1.55. The minimum absolute atomic E-state index is 0.234. The number of fused-ring (bicyclic) bond motifs is 1. The standard InChI is InChI=1S/C19H17FN4O/c20-17-4-2-1-3-16(17)18-13-23(7-8-25-18)12-15-10-22-19-6-5-14(9-21)11-24(15)19/h1-6,10-11,18H,7-8,12-13H2.